The molecule has 0 radical (unpaired) electrons. The average molecular weight is 364 g/mol. The van der Waals surface area contributed by atoms with Crippen molar-refractivity contribution < 1.29 is 19.1 Å². The Kier molecular flexibility index (Phi) is 9.73. The second-order valence-electron chi connectivity index (χ2n) is 7.20. The van der Waals surface area contributed by atoms with Crippen LogP contribution < -0.4 is 5.32 Å². The molecule has 0 aliphatic heterocycles. The monoisotopic (exact) mass is 364 g/mol. The van der Waals surface area contributed by atoms with E-state index in [1.807, 2.05) is 56.0 Å². The zero-order chi connectivity index (χ0) is 19.4. The summed E-state index contributed by atoms with van der Waals surface area (Å²) < 4.78 is 10.5. The lowest BCUT2D eigenvalue weighted by atomic mass is 10.2. The zero-order valence-electron chi connectivity index (χ0n) is 16.4. The van der Waals surface area contributed by atoms with Crippen molar-refractivity contribution in [2.45, 2.75) is 52.7 Å². The van der Waals surface area contributed by atoms with Gasteiger partial charge in [0.15, 0.2) is 0 Å². The minimum atomic E-state index is -0.473. The van der Waals surface area contributed by atoms with Gasteiger partial charge < -0.3 is 14.8 Å². The largest absolute Gasteiger partial charge is 0.459 e. The summed E-state index contributed by atoms with van der Waals surface area (Å²) in [5.41, 5.74) is 0.480. The molecule has 0 atom stereocenters. The van der Waals surface area contributed by atoms with Crippen molar-refractivity contribution in [2.24, 2.45) is 0 Å². The first-order valence-corrected chi connectivity index (χ1v) is 9.19. The van der Waals surface area contributed by atoms with Crippen LogP contribution in [0.4, 0.5) is 4.79 Å². The van der Waals surface area contributed by atoms with Gasteiger partial charge in [0.05, 0.1) is 6.54 Å². The van der Waals surface area contributed by atoms with Gasteiger partial charge in [-0.05, 0) is 45.7 Å². The second kappa shape index (κ2) is 11.5. The molecule has 1 aromatic rings. The van der Waals surface area contributed by atoms with Crippen molar-refractivity contribution in [2.75, 3.05) is 26.2 Å². The summed E-state index contributed by atoms with van der Waals surface area (Å²) in [6.45, 7) is 10.2. The third-order valence-corrected chi connectivity index (χ3v) is 3.45. The lowest BCUT2D eigenvalue weighted by Gasteiger charge is -2.24. The van der Waals surface area contributed by atoms with Crippen molar-refractivity contribution in [3.8, 4) is 0 Å². The highest BCUT2D eigenvalue weighted by molar-refractivity contribution is 5.72. The minimum Gasteiger partial charge on any atom is -0.459 e. The van der Waals surface area contributed by atoms with Gasteiger partial charge >= 0.3 is 12.1 Å². The molecule has 0 saturated heterocycles. The number of ether oxygens (including phenoxy) is 2. The van der Waals surface area contributed by atoms with Crippen LogP contribution in [0.15, 0.2) is 30.3 Å². The number of hydrogen-bond donors (Lipinski definition) is 1. The Hall–Kier alpha value is -2.08. The molecule has 0 aliphatic rings. The van der Waals surface area contributed by atoms with Gasteiger partial charge in [0.1, 0.15) is 12.2 Å². The predicted octanol–water partition coefficient (Wildman–Crippen LogP) is 3.36. The van der Waals surface area contributed by atoms with Crippen LogP contribution in [0.25, 0.3) is 0 Å². The first kappa shape index (κ1) is 22.0. The number of alkyl carbamates (subject to hydrolysis) is 1. The summed E-state index contributed by atoms with van der Waals surface area (Å²) >= 11 is 0. The number of nitrogens with one attached hydrogen (secondary N) is 1. The Morgan fingerprint density at radius 1 is 1.12 bits per heavy atom. The highest BCUT2D eigenvalue weighted by atomic mass is 16.6. The van der Waals surface area contributed by atoms with Crippen LogP contribution in [-0.2, 0) is 20.9 Å². The van der Waals surface area contributed by atoms with Gasteiger partial charge in [-0.15, -0.1) is 0 Å². The van der Waals surface area contributed by atoms with Crippen molar-refractivity contribution in [1.29, 1.82) is 0 Å². The van der Waals surface area contributed by atoms with Crippen LogP contribution >= 0.6 is 0 Å². The summed E-state index contributed by atoms with van der Waals surface area (Å²) in [6.07, 6.45) is 1.27. The average Bonchev–Trinajstić information content (AvgIpc) is 2.56. The van der Waals surface area contributed by atoms with Crippen LogP contribution in [0.1, 0.15) is 46.1 Å². The highest BCUT2D eigenvalue weighted by Gasteiger charge is 2.18. The molecule has 1 amide bonds. The van der Waals surface area contributed by atoms with E-state index in [1.54, 1.807) is 0 Å². The van der Waals surface area contributed by atoms with Crippen molar-refractivity contribution in [3.05, 3.63) is 35.9 Å². The summed E-state index contributed by atoms with van der Waals surface area (Å²) in [4.78, 5) is 25.7. The number of carbonyl (C=O) groups excluding carboxylic acids is 2. The summed E-state index contributed by atoms with van der Waals surface area (Å²) in [6, 6.07) is 9.55. The second-order valence-corrected chi connectivity index (χ2v) is 7.20. The summed E-state index contributed by atoms with van der Waals surface area (Å²) in [5, 5.41) is 2.74. The maximum Gasteiger partial charge on any atom is 0.407 e. The molecule has 0 aliphatic carbocycles. The molecule has 1 N–H and O–H groups in total. The number of benzene rings is 1. The van der Waals surface area contributed by atoms with Gasteiger partial charge in [0, 0.05) is 13.1 Å². The van der Waals surface area contributed by atoms with E-state index in [9.17, 15) is 9.59 Å². The molecular formula is C20H32N2O4. The van der Waals surface area contributed by atoms with E-state index >= 15 is 0 Å². The zero-order valence-corrected chi connectivity index (χ0v) is 16.4. The van der Waals surface area contributed by atoms with Gasteiger partial charge in [-0.25, -0.2) is 4.79 Å². The Labute approximate surface area is 156 Å². The molecule has 0 bridgehead atoms. The third-order valence-electron chi connectivity index (χ3n) is 3.45. The van der Waals surface area contributed by atoms with Crippen LogP contribution in [0.5, 0.6) is 0 Å². The van der Waals surface area contributed by atoms with E-state index in [-0.39, 0.29) is 19.1 Å². The summed E-state index contributed by atoms with van der Waals surface area (Å²) in [7, 11) is 0. The van der Waals surface area contributed by atoms with Crippen molar-refractivity contribution >= 4 is 12.1 Å². The number of amides is 1. The molecule has 1 aromatic carbocycles. The number of hydrogen-bond acceptors (Lipinski definition) is 5. The van der Waals surface area contributed by atoms with E-state index in [4.69, 9.17) is 9.47 Å². The summed E-state index contributed by atoms with van der Waals surface area (Å²) in [5.74, 6) is -0.221. The highest BCUT2D eigenvalue weighted by Crippen LogP contribution is 2.08. The van der Waals surface area contributed by atoms with Crippen LogP contribution in [0, 0.1) is 0 Å². The molecule has 6 nitrogen and oxygen atoms in total. The molecule has 146 valence electrons. The van der Waals surface area contributed by atoms with E-state index < -0.39 is 11.7 Å². The molecule has 0 aromatic heterocycles. The molecule has 1 rings (SSSR count). The molecule has 0 unspecified atom stereocenters. The lowest BCUT2D eigenvalue weighted by Crippen LogP contribution is -2.37. The van der Waals surface area contributed by atoms with Gasteiger partial charge in [-0.2, -0.15) is 0 Å². The maximum absolute atomic E-state index is 12.0. The molecule has 26 heavy (non-hydrogen) atoms. The quantitative estimate of drug-likeness (QED) is 0.509. The number of nitrogens with zero attached hydrogens (tertiary/aromatic N) is 1. The van der Waals surface area contributed by atoms with Gasteiger partial charge in [-0.3, -0.25) is 9.69 Å². The number of rotatable bonds is 10. The van der Waals surface area contributed by atoms with E-state index in [2.05, 4.69) is 12.2 Å². The lowest BCUT2D eigenvalue weighted by molar-refractivity contribution is -0.156. The van der Waals surface area contributed by atoms with Crippen molar-refractivity contribution in [3.63, 3.8) is 0 Å². The topological polar surface area (TPSA) is 67.9 Å². The number of esters is 1. The molecule has 0 spiro atoms. The maximum atomic E-state index is 12.0. The van der Waals surface area contributed by atoms with E-state index in [0.717, 1.165) is 24.9 Å². The number of carbonyl (C=O) groups is 2. The predicted molar refractivity (Wildman–Crippen MR) is 102 cm³/mol. The minimum absolute atomic E-state index is 0.221. The molecule has 0 fully saturated rings. The normalized spacial score (nSPS) is 11.3. The fraction of sp³-hybridized carbons (Fsp3) is 0.600. The van der Waals surface area contributed by atoms with Crippen LogP contribution in [0.2, 0.25) is 0 Å². The van der Waals surface area contributed by atoms with Gasteiger partial charge in [0.25, 0.3) is 0 Å². The molecule has 0 heterocycles. The van der Waals surface area contributed by atoms with Crippen LogP contribution in [0.3, 0.4) is 0 Å². The van der Waals surface area contributed by atoms with Crippen molar-refractivity contribution in [1.82, 2.24) is 10.2 Å². The molecule has 0 saturated carbocycles. The SMILES string of the molecule is CCCN(CCCNC(=O)OCc1ccccc1)CC(=O)OC(C)(C)C. The first-order chi connectivity index (χ1) is 12.3. The van der Waals surface area contributed by atoms with Gasteiger partial charge in [0.2, 0.25) is 0 Å². The first-order valence-electron chi connectivity index (χ1n) is 9.19. The molecular weight excluding hydrogens is 332 g/mol. The van der Waals surface area contributed by atoms with Crippen LogP contribution in [-0.4, -0.2) is 48.7 Å². The Bertz CT molecular complexity index is 540. The van der Waals surface area contributed by atoms with E-state index in [0.29, 0.717) is 13.1 Å². The fourth-order valence-electron chi connectivity index (χ4n) is 2.41. The van der Waals surface area contributed by atoms with E-state index in [1.165, 1.54) is 0 Å². The Balaban J connectivity index is 2.23. The Morgan fingerprint density at radius 2 is 1.81 bits per heavy atom. The fourth-order valence-corrected chi connectivity index (χ4v) is 2.41. The van der Waals surface area contributed by atoms with Gasteiger partial charge in [-0.1, -0.05) is 37.3 Å². The smallest absolute Gasteiger partial charge is 0.407 e. The molecule has 6 heteroatoms. The standard InChI is InChI=1S/C20H32N2O4/c1-5-13-22(15-18(23)26-20(2,3)4)14-9-12-21-19(24)25-16-17-10-7-6-8-11-17/h6-8,10-11H,5,9,12-16H2,1-4H3,(H,21,24). The Morgan fingerprint density at radius 3 is 2.42 bits per heavy atom. The third kappa shape index (κ3) is 10.7.